The minimum atomic E-state index is 0.764. The average Bonchev–Trinajstić information content (AvgIpc) is 2.58. The number of aldehydes is 1. The first-order chi connectivity index (χ1) is 10.8. The van der Waals surface area contributed by atoms with Gasteiger partial charge in [0.2, 0.25) is 0 Å². The Kier molecular flexibility index (Phi) is 4.99. The van der Waals surface area contributed by atoms with E-state index < -0.39 is 0 Å². The Morgan fingerprint density at radius 3 is 2.00 bits per heavy atom. The van der Waals surface area contributed by atoms with Gasteiger partial charge in [0.25, 0.3) is 0 Å². The van der Waals surface area contributed by atoms with Crippen LogP contribution in [0.3, 0.4) is 0 Å². The molecule has 0 radical (unpaired) electrons. The second-order valence-corrected chi connectivity index (χ2v) is 5.90. The molecule has 0 spiro atoms. The molecule has 3 heteroatoms. The van der Waals surface area contributed by atoms with Crippen molar-refractivity contribution < 1.29 is 4.79 Å². The van der Waals surface area contributed by atoms with E-state index in [4.69, 9.17) is 0 Å². The monoisotopic (exact) mass is 294 g/mol. The molecule has 1 fully saturated rings. The molecule has 0 aromatic heterocycles. The van der Waals surface area contributed by atoms with E-state index in [-0.39, 0.29) is 0 Å². The highest BCUT2D eigenvalue weighted by Crippen LogP contribution is 2.12. The summed E-state index contributed by atoms with van der Waals surface area (Å²) in [6.07, 6.45) is 0.918. The Morgan fingerprint density at radius 1 is 0.773 bits per heavy atom. The topological polar surface area (TPSA) is 23.6 Å². The SMILES string of the molecule is O=Cc1cccc(CN2CCN(Cc3ccccc3)CC2)c1. The van der Waals surface area contributed by atoms with E-state index in [0.29, 0.717) is 0 Å². The lowest BCUT2D eigenvalue weighted by Crippen LogP contribution is -2.45. The number of carbonyl (C=O) groups is 1. The summed E-state index contributed by atoms with van der Waals surface area (Å²) < 4.78 is 0. The van der Waals surface area contributed by atoms with Crippen molar-refractivity contribution in [1.29, 1.82) is 0 Å². The highest BCUT2D eigenvalue weighted by molar-refractivity contribution is 5.74. The van der Waals surface area contributed by atoms with Crippen molar-refractivity contribution in [3.05, 3.63) is 71.3 Å². The fourth-order valence-electron chi connectivity index (χ4n) is 2.97. The molecule has 114 valence electrons. The van der Waals surface area contributed by atoms with Gasteiger partial charge in [-0.1, -0.05) is 48.5 Å². The van der Waals surface area contributed by atoms with E-state index >= 15 is 0 Å². The van der Waals surface area contributed by atoms with Crippen LogP contribution in [0.1, 0.15) is 21.5 Å². The average molecular weight is 294 g/mol. The van der Waals surface area contributed by atoms with Gasteiger partial charge in [-0.3, -0.25) is 14.6 Å². The van der Waals surface area contributed by atoms with Gasteiger partial charge in [-0.25, -0.2) is 0 Å². The Morgan fingerprint density at radius 2 is 1.36 bits per heavy atom. The summed E-state index contributed by atoms with van der Waals surface area (Å²) >= 11 is 0. The summed E-state index contributed by atoms with van der Waals surface area (Å²) in [5.41, 5.74) is 3.37. The lowest BCUT2D eigenvalue weighted by atomic mass is 10.1. The molecule has 1 saturated heterocycles. The molecule has 0 aliphatic carbocycles. The van der Waals surface area contributed by atoms with E-state index in [9.17, 15) is 4.79 Å². The summed E-state index contributed by atoms with van der Waals surface area (Å²) in [6.45, 7) is 6.33. The van der Waals surface area contributed by atoms with E-state index in [2.05, 4.69) is 46.2 Å². The van der Waals surface area contributed by atoms with Gasteiger partial charge in [0.1, 0.15) is 6.29 Å². The second-order valence-electron chi connectivity index (χ2n) is 5.90. The lowest BCUT2D eigenvalue weighted by Gasteiger charge is -2.34. The summed E-state index contributed by atoms with van der Waals surface area (Å²) in [7, 11) is 0. The van der Waals surface area contributed by atoms with E-state index in [1.54, 1.807) is 0 Å². The molecule has 0 atom stereocenters. The normalized spacial score (nSPS) is 16.5. The van der Waals surface area contributed by atoms with Crippen LogP contribution in [0, 0.1) is 0 Å². The van der Waals surface area contributed by atoms with Crippen LogP contribution < -0.4 is 0 Å². The molecule has 0 N–H and O–H groups in total. The predicted molar refractivity (Wildman–Crippen MR) is 88.8 cm³/mol. The molecule has 0 saturated carbocycles. The first-order valence-electron chi connectivity index (χ1n) is 7.86. The smallest absolute Gasteiger partial charge is 0.150 e. The van der Waals surface area contributed by atoms with Gasteiger partial charge >= 0.3 is 0 Å². The lowest BCUT2D eigenvalue weighted by molar-refractivity contribution is 0.112. The molecule has 0 amide bonds. The van der Waals surface area contributed by atoms with Crippen LogP contribution in [0.2, 0.25) is 0 Å². The molecule has 0 bridgehead atoms. The summed E-state index contributed by atoms with van der Waals surface area (Å²) in [4.78, 5) is 15.8. The van der Waals surface area contributed by atoms with Gasteiger partial charge in [-0.2, -0.15) is 0 Å². The van der Waals surface area contributed by atoms with Gasteiger partial charge in [0.05, 0.1) is 0 Å². The zero-order valence-corrected chi connectivity index (χ0v) is 12.8. The third kappa shape index (κ3) is 4.03. The zero-order valence-electron chi connectivity index (χ0n) is 12.8. The first kappa shape index (κ1) is 14.9. The standard InChI is InChI=1S/C19H22N2O/c22-16-19-8-4-7-18(13-19)15-21-11-9-20(10-12-21)14-17-5-2-1-3-6-17/h1-8,13,16H,9-12,14-15H2. The van der Waals surface area contributed by atoms with Crippen LogP contribution >= 0.6 is 0 Å². The minimum Gasteiger partial charge on any atom is -0.298 e. The summed E-state index contributed by atoms with van der Waals surface area (Å²) in [5.74, 6) is 0. The van der Waals surface area contributed by atoms with Crippen molar-refractivity contribution >= 4 is 6.29 Å². The fraction of sp³-hybridized carbons (Fsp3) is 0.316. The molecule has 2 aromatic carbocycles. The van der Waals surface area contributed by atoms with Crippen LogP contribution in [-0.4, -0.2) is 42.3 Å². The maximum atomic E-state index is 10.8. The second kappa shape index (κ2) is 7.34. The summed E-state index contributed by atoms with van der Waals surface area (Å²) in [5, 5.41) is 0. The fourth-order valence-corrected chi connectivity index (χ4v) is 2.97. The van der Waals surface area contributed by atoms with Crippen LogP contribution in [0.15, 0.2) is 54.6 Å². The van der Waals surface area contributed by atoms with Crippen LogP contribution in [-0.2, 0) is 13.1 Å². The number of piperazine rings is 1. The molecule has 1 aliphatic rings. The number of hydrogen-bond acceptors (Lipinski definition) is 3. The maximum Gasteiger partial charge on any atom is 0.150 e. The van der Waals surface area contributed by atoms with Gasteiger partial charge in [-0.05, 0) is 17.2 Å². The molecule has 3 nitrogen and oxygen atoms in total. The Labute approximate surface area is 132 Å². The molecule has 1 heterocycles. The Bertz CT molecular complexity index is 604. The van der Waals surface area contributed by atoms with E-state index in [0.717, 1.165) is 51.1 Å². The molecular weight excluding hydrogens is 272 g/mol. The van der Waals surface area contributed by atoms with Crippen molar-refractivity contribution in [3.8, 4) is 0 Å². The van der Waals surface area contributed by atoms with Gasteiger partial charge < -0.3 is 0 Å². The van der Waals surface area contributed by atoms with Crippen LogP contribution in [0.25, 0.3) is 0 Å². The number of nitrogens with zero attached hydrogens (tertiary/aromatic N) is 2. The molecular formula is C19H22N2O. The Balaban J connectivity index is 1.50. The number of carbonyl (C=O) groups excluding carboxylic acids is 1. The van der Waals surface area contributed by atoms with Gasteiger partial charge in [0, 0.05) is 44.8 Å². The van der Waals surface area contributed by atoms with Crippen molar-refractivity contribution in [2.75, 3.05) is 26.2 Å². The third-order valence-electron chi connectivity index (χ3n) is 4.21. The van der Waals surface area contributed by atoms with Crippen molar-refractivity contribution in [2.45, 2.75) is 13.1 Å². The maximum absolute atomic E-state index is 10.8. The number of rotatable bonds is 5. The van der Waals surface area contributed by atoms with Crippen molar-refractivity contribution in [2.24, 2.45) is 0 Å². The molecule has 2 aromatic rings. The van der Waals surface area contributed by atoms with Crippen LogP contribution in [0.4, 0.5) is 0 Å². The van der Waals surface area contributed by atoms with Crippen molar-refractivity contribution in [1.82, 2.24) is 9.80 Å². The minimum absolute atomic E-state index is 0.764. The van der Waals surface area contributed by atoms with E-state index in [1.807, 2.05) is 18.2 Å². The third-order valence-corrected chi connectivity index (χ3v) is 4.21. The van der Waals surface area contributed by atoms with E-state index in [1.165, 1.54) is 11.1 Å². The largest absolute Gasteiger partial charge is 0.298 e. The highest BCUT2D eigenvalue weighted by atomic mass is 16.1. The Hall–Kier alpha value is -1.97. The van der Waals surface area contributed by atoms with Gasteiger partial charge in [0.15, 0.2) is 0 Å². The molecule has 0 unspecified atom stereocenters. The van der Waals surface area contributed by atoms with Gasteiger partial charge in [-0.15, -0.1) is 0 Å². The molecule has 22 heavy (non-hydrogen) atoms. The highest BCUT2D eigenvalue weighted by Gasteiger charge is 2.17. The number of benzene rings is 2. The number of hydrogen-bond donors (Lipinski definition) is 0. The van der Waals surface area contributed by atoms with Crippen molar-refractivity contribution in [3.63, 3.8) is 0 Å². The predicted octanol–water partition coefficient (Wildman–Crippen LogP) is 2.82. The first-order valence-corrected chi connectivity index (χ1v) is 7.86. The summed E-state index contributed by atoms with van der Waals surface area (Å²) in [6, 6.07) is 18.6. The molecule has 1 aliphatic heterocycles. The quantitative estimate of drug-likeness (QED) is 0.792. The zero-order chi connectivity index (χ0) is 15.2. The van der Waals surface area contributed by atoms with Crippen LogP contribution in [0.5, 0.6) is 0 Å². The molecule has 3 rings (SSSR count).